The Kier molecular flexibility index (Phi) is 4.20. The largest absolute Gasteiger partial charge is 0.478 e. The maximum Gasteiger partial charge on any atom is 0.215 e. The second-order valence-electron chi connectivity index (χ2n) is 4.38. The number of aliphatic hydroxyl groups is 1. The minimum atomic E-state index is 0.283. The first-order chi connectivity index (χ1) is 8.33. The van der Waals surface area contributed by atoms with Crippen molar-refractivity contribution in [3.05, 3.63) is 18.2 Å². The van der Waals surface area contributed by atoms with Gasteiger partial charge in [-0.1, -0.05) is 6.07 Å². The minimum Gasteiger partial charge on any atom is -0.478 e. The van der Waals surface area contributed by atoms with Crippen molar-refractivity contribution < 1.29 is 9.84 Å². The van der Waals surface area contributed by atoms with Crippen LogP contribution in [0, 0.1) is 5.92 Å². The number of pyridine rings is 1. The molecule has 1 aromatic rings. The number of aliphatic hydroxyl groups excluding tert-OH is 1. The highest BCUT2D eigenvalue weighted by molar-refractivity contribution is 5.41. The molecule has 1 aliphatic rings. The zero-order valence-electron chi connectivity index (χ0n) is 10.3. The molecule has 0 saturated carbocycles. The van der Waals surface area contributed by atoms with Crippen LogP contribution < -0.4 is 9.64 Å². The molecular weight excluding hydrogens is 216 g/mol. The summed E-state index contributed by atoms with van der Waals surface area (Å²) in [5, 5.41) is 8.94. The number of anilines is 1. The molecular formula is C13H20N2O2. The van der Waals surface area contributed by atoms with Gasteiger partial charge in [-0.15, -0.1) is 0 Å². The van der Waals surface area contributed by atoms with E-state index in [0.717, 1.165) is 31.7 Å². The first kappa shape index (κ1) is 12.2. The van der Waals surface area contributed by atoms with E-state index in [1.807, 2.05) is 25.1 Å². The summed E-state index contributed by atoms with van der Waals surface area (Å²) in [5.41, 5.74) is 0. The summed E-state index contributed by atoms with van der Waals surface area (Å²) >= 11 is 0. The topological polar surface area (TPSA) is 45.6 Å². The van der Waals surface area contributed by atoms with E-state index in [4.69, 9.17) is 9.84 Å². The molecule has 1 N–H and O–H groups in total. The predicted molar refractivity (Wildman–Crippen MR) is 67.4 cm³/mol. The van der Waals surface area contributed by atoms with E-state index in [1.54, 1.807) is 0 Å². The van der Waals surface area contributed by atoms with Crippen LogP contribution in [0.2, 0.25) is 0 Å². The fraction of sp³-hybridized carbons (Fsp3) is 0.615. The molecule has 2 heterocycles. The zero-order chi connectivity index (χ0) is 12.1. The first-order valence-electron chi connectivity index (χ1n) is 6.29. The molecule has 0 bridgehead atoms. The molecule has 1 saturated heterocycles. The van der Waals surface area contributed by atoms with E-state index in [9.17, 15) is 0 Å². The second kappa shape index (κ2) is 5.87. The maximum absolute atomic E-state index is 8.94. The number of ether oxygens (including phenoxy) is 1. The molecule has 1 atom stereocenters. The molecule has 4 heteroatoms. The highest BCUT2D eigenvalue weighted by Gasteiger charge is 2.23. The number of nitrogens with zero attached hydrogens (tertiary/aromatic N) is 2. The van der Waals surface area contributed by atoms with Crippen LogP contribution in [0.3, 0.4) is 0 Å². The fourth-order valence-electron chi connectivity index (χ4n) is 2.27. The molecule has 1 aliphatic heterocycles. The molecule has 2 rings (SSSR count). The van der Waals surface area contributed by atoms with Crippen LogP contribution in [0.4, 0.5) is 5.82 Å². The monoisotopic (exact) mass is 236 g/mol. The quantitative estimate of drug-likeness (QED) is 0.845. The van der Waals surface area contributed by atoms with Gasteiger partial charge in [0.2, 0.25) is 5.88 Å². The number of rotatable bonds is 5. The van der Waals surface area contributed by atoms with Crippen molar-refractivity contribution in [2.24, 2.45) is 5.92 Å². The lowest BCUT2D eigenvalue weighted by molar-refractivity contribution is 0.263. The van der Waals surface area contributed by atoms with Gasteiger partial charge in [-0.05, 0) is 31.7 Å². The summed E-state index contributed by atoms with van der Waals surface area (Å²) in [5.74, 6) is 2.27. The summed E-state index contributed by atoms with van der Waals surface area (Å²) in [6.45, 7) is 4.90. The highest BCUT2D eigenvalue weighted by Crippen LogP contribution is 2.25. The van der Waals surface area contributed by atoms with Crippen LogP contribution in [-0.4, -0.2) is 36.4 Å². The lowest BCUT2D eigenvalue weighted by Crippen LogP contribution is -2.21. The van der Waals surface area contributed by atoms with E-state index in [1.165, 1.54) is 0 Å². The van der Waals surface area contributed by atoms with E-state index < -0.39 is 0 Å². The van der Waals surface area contributed by atoms with Crippen LogP contribution in [0.5, 0.6) is 5.88 Å². The third-order valence-electron chi connectivity index (χ3n) is 3.15. The number of hydrogen-bond donors (Lipinski definition) is 1. The van der Waals surface area contributed by atoms with Crippen molar-refractivity contribution >= 4 is 5.82 Å². The first-order valence-corrected chi connectivity index (χ1v) is 6.29. The van der Waals surface area contributed by atoms with Gasteiger partial charge in [0.25, 0.3) is 0 Å². The molecule has 1 unspecified atom stereocenters. The molecule has 0 radical (unpaired) electrons. The summed E-state index contributed by atoms with van der Waals surface area (Å²) in [4.78, 5) is 6.75. The zero-order valence-corrected chi connectivity index (χ0v) is 10.3. The molecule has 17 heavy (non-hydrogen) atoms. The van der Waals surface area contributed by atoms with Crippen LogP contribution in [0.25, 0.3) is 0 Å². The van der Waals surface area contributed by atoms with Crippen molar-refractivity contribution in [3.63, 3.8) is 0 Å². The van der Waals surface area contributed by atoms with Gasteiger partial charge in [0.05, 0.1) is 6.61 Å². The van der Waals surface area contributed by atoms with Gasteiger partial charge in [0.1, 0.15) is 5.82 Å². The summed E-state index contributed by atoms with van der Waals surface area (Å²) < 4.78 is 5.40. The Hall–Kier alpha value is -1.29. The Morgan fingerprint density at radius 2 is 2.41 bits per heavy atom. The number of hydrogen-bond acceptors (Lipinski definition) is 4. The van der Waals surface area contributed by atoms with Crippen molar-refractivity contribution in [1.29, 1.82) is 0 Å². The van der Waals surface area contributed by atoms with Crippen molar-refractivity contribution in [1.82, 2.24) is 4.98 Å². The molecule has 0 amide bonds. The number of aromatic nitrogens is 1. The van der Waals surface area contributed by atoms with Gasteiger partial charge in [0.15, 0.2) is 0 Å². The minimum absolute atomic E-state index is 0.283. The Balaban J connectivity index is 2.00. The molecule has 0 aliphatic carbocycles. The van der Waals surface area contributed by atoms with Gasteiger partial charge < -0.3 is 14.7 Å². The van der Waals surface area contributed by atoms with Crippen LogP contribution in [0.1, 0.15) is 19.8 Å². The van der Waals surface area contributed by atoms with Gasteiger partial charge in [-0.2, -0.15) is 4.98 Å². The molecule has 4 nitrogen and oxygen atoms in total. The third kappa shape index (κ3) is 3.09. The molecule has 94 valence electrons. The standard InChI is InChI=1S/C13H20N2O2/c1-2-17-13-5-3-4-12(14-13)15-8-6-11(10-15)7-9-16/h3-5,11,16H,2,6-10H2,1H3. The Morgan fingerprint density at radius 1 is 1.53 bits per heavy atom. The van der Waals surface area contributed by atoms with Crippen LogP contribution >= 0.6 is 0 Å². The highest BCUT2D eigenvalue weighted by atomic mass is 16.5. The van der Waals surface area contributed by atoms with Gasteiger partial charge in [-0.25, -0.2) is 0 Å². The van der Waals surface area contributed by atoms with Crippen LogP contribution in [0.15, 0.2) is 18.2 Å². The van der Waals surface area contributed by atoms with E-state index in [0.29, 0.717) is 18.4 Å². The Morgan fingerprint density at radius 3 is 3.18 bits per heavy atom. The van der Waals surface area contributed by atoms with Gasteiger partial charge in [-0.3, -0.25) is 0 Å². The lowest BCUT2D eigenvalue weighted by atomic mass is 10.1. The molecule has 1 fully saturated rings. The Labute approximate surface area is 102 Å². The summed E-state index contributed by atoms with van der Waals surface area (Å²) in [6, 6.07) is 5.88. The van der Waals surface area contributed by atoms with E-state index in [-0.39, 0.29) is 6.61 Å². The maximum atomic E-state index is 8.94. The Bertz CT molecular complexity index is 357. The predicted octanol–water partition coefficient (Wildman–Crippen LogP) is 1.69. The average molecular weight is 236 g/mol. The van der Waals surface area contributed by atoms with Gasteiger partial charge in [0, 0.05) is 25.8 Å². The normalized spacial score (nSPS) is 19.6. The summed E-state index contributed by atoms with van der Waals surface area (Å²) in [7, 11) is 0. The fourth-order valence-corrected chi connectivity index (χ4v) is 2.27. The van der Waals surface area contributed by atoms with Crippen molar-refractivity contribution in [2.45, 2.75) is 19.8 Å². The average Bonchev–Trinajstić information content (AvgIpc) is 2.79. The van der Waals surface area contributed by atoms with Crippen molar-refractivity contribution in [3.8, 4) is 5.88 Å². The van der Waals surface area contributed by atoms with Gasteiger partial charge >= 0.3 is 0 Å². The third-order valence-corrected chi connectivity index (χ3v) is 3.15. The van der Waals surface area contributed by atoms with E-state index in [2.05, 4.69) is 9.88 Å². The smallest absolute Gasteiger partial charge is 0.215 e. The molecule has 0 aromatic carbocycles. The molecule has 1 aromatic heterocycles. The SMILES string of the molecule is CCOc1cccc(N2CCC(CCO)C2)n1. The summed E-state index contributed by atoms with van der Waals surface area (Å²) in [6.07, 6.45) is 2.03. The van der Waals surface area contributed by atoms with Crippen LogP contribution in [-0.2, 0) is 0 Å². The molecule has 0 spiro atoms. The second-order valence-corrected chi connectivity index (χ2v) is 4.38. The lowest BCUT2D eigenvalue weighted by Gasteiger charge is -2.18. The van der Waals surface area contributed by atoms with Crippen molar-refractivity contribution in [2.75, 3.05) is 31.2 Å². The van der Waals surface area contributed by atoms with E-state index >= 15 is 0 Å².